The molecule has 0 saturated carbocycles. The maximum atomic E-state index is 12.6. The van der Waals surface area contributed by atoms with Crippen LogP contribution in [-0.2, 0) is 25.5 Å². The standard InChI is InChI=1S/C22H21ClN2O6S/c1-4-29-22(28)20-16(14-7-5-6-8-17(14)23)11-32-21(20)24-18(26)10-30-19(27)9-15-12(2)25-31-13(15)3/h5-8,11H,4,9-10H2,1-3H3,(H,24,26). The van der Waals surface area contributed by atoms with E-state index in [4.69, 9.17) is 25.6 Å². The number of carbonyl (C=O) groups excluding carboxylic acids is 3. The molecular formula is C22H21ClN2O6S. The fourth-order valence-corrected chi connectivity index (χ4v) is 4.19. The van der Waals surface area contributed by atoms with Crippen molar-refractivity contribution >= 4 is 45.8 Å². The number of rotatable bonds is 8. The first-order chi connectivity index (χ1) is 15.3. The molecule has 3 rings (SSSR count). The third-order valence-electron chi connectivity index (χ3n) is 4.55. The topological polar surface area (TPSA) is 108 Å². The number of anilines is 1. The fraction of sp³-hybridized carbons (Fsp3) is 0.273. The molecule has 8 nitrogen and oxygen atoms in total. The lowest BCUT2D eigenvalue weighted by molar-refractivity contribution is -0.146. The molecule has 1 aromatic carbocycles. The Morgan fingerprint density at radius 1 is 1.16 bits per heavy atom. The normalized spacial score (nSPS) is 10.6. The minimum Gasteiger partial charge on any atom is -0.462 e. The summed E-state index contributed by atoms with van der Waals surface area (Å²) in [6.45, 7) is 4.76. The van der Waals surface area contributed by atoms with Crippen molar-refractivity contribution < 1.29 is 28.4 Å². The van der Waals surface area contributed by atoms with E-state index in [-0.39, 0.29) is 23.6 Å². The van der Waals surface area contributed by atoms with Gasteiger partial charge in [0, 0.05) is 27.1 Å². The SMILES string of the molecule is CCOC(=O)c1c(-c2ccccc2Cl)csc1NC(=O)COC(=O)Cc1c(C)noc1C. The van der Waals surface area contributed by atoms with Crippen molar-refractivity contribution in [1.82, 2.24) is 5.16 Å². The van der Waals surface area contributed by atoms with Crippen LogP contribution in [0.25, 0.3) is 11.1 Å². The summed E-state index contributed by atoms with van der Waals surface area (Å²) in [6.07, 6.45) is -0.0574. The third kappa shape index (κ3) is 5.35. The summed E-state index contributed by atoms with van der Waals surface area (Å²) in [7, 11) is 0. The maximum absolute atomic E-state index is 12.6. The predicted molar refractivity (Wildman–Crippen MR) is 120 cm³/mol. The maximum Gasteiger partial charge on any atom is 0.341 e. The summed E-state index contributed by atoms with van der Waals surface area (Å²) in [5, 5.41) is 8.86. The second-order valence-electron chi connectivity index (χ2n) is 6.74. The highest BCUT2D eigenvalue weighted by Crippen LogP contribution is 2.39. The minimum absolute atomic E-state index is 0.0574. The van der Waals surface area contributed by atoms with Gasteiger partial charge in [0.05, 0.1) is 18.7 Å². The Bertz CT molecular complexity index is 1130. The Balaban J connectivity index is 1.72. The first-order valence-corrected chi connectivity index (χ1v) is 11.0. The molecule has 1 amide bonds. The second-order valence-corrected chi connectivity index (χ2v) is 8.03. The number of hydrogen-bond acceptors (Lipinski definition) is 8. The summed E-state index contributed by atoms with van der Waals surface area (Å²) in [6, 6.07) is 7.06. The third-order valence-corrected chi connectivity index (χ3v) is 5.78. The molecule has 0 saturated heterocycles. The van der Waals surface area contributed by atoms with Crippen LogP contribution >= 0.6 is 22.9 Å². The molecule has 0 atom stereocenters. The van der Waals surface area contributed by atoms with Gasteiger partial charge < -0.3 is 19.3 Å². The number of nitrogens with zero attached hydrogens (tertiary/aromatic N) is 1. The number of nitrogens with one attached hydrogen (secondary N) is 1. The van der Waals surface area contributed by atoms with Crippen molar-refractivity contribution in [3.05, 3.63) is 57.2 Å². The summed E-state index contributed by atoms with van der Waals surface area (Å²) in [5.41, 5.74) is 2.60. The monoisotopic (exact) mass is 476 g/mol. The highest BCUT2D eigenvalue weighted by atomic mass is 35.5. The molecule has 0 spiro atoms. The molecule has 0 aliphatic carbocycles. The number of halogens is 1. The molecule has 0 radical (unpaired) electrons. The molecule has 32 heavy (non-hydrogen) atoms. The second kappa shape index (κ2) is 10.4. The van der Waals surface area contributed by atoms with E-state index < -0.39 is 24.5 Å². The van der Waals surface area contributed by atoms with Gasteiger partial charge in [-0.3, -0.25) is 9.59 Å². The quantitative estimate of drug-likeness (QED) is 0.474. The predicted octanol–water partition coefficient (Wildman–Crippen LogP) is 4.57. The van der Waals surface area contributed by atoms with Crippen LogP contribution in [0.3, 0.4) is 0 Å². The van der Waals surface area contributed by atoms with Crippen LogP contribution in [0.2, 0.25) is 5.02 Å². The van der Waals surface area contributed by atoms with E-state index in [1.54, 1.807) is 50.4 Å². The van der Waals surface area contributed by atoms with E-state index in [0.717, 1.165) is 11.3 Å². The number of aromatic nitrogens is 1. The molecule has 0 unspecified atom stereocenters. The summed E-state index contributed by atoms with van der Waals surface area (Å²) in [4.78, 5) is 37.1. The zero-order chi connectivity index (χ0) is 23.3. The fourth-order valence-electron chi connectivity index (χ4n) is 2.99. The first kappa shape index (κ1) is 23.5. The van der Waals surface area contributed by atoms with Crippen LogP contribution < -0.4 is 5.32 Å². The van der Waals surface area contributed by atoms with Gasteiger partial charge in [-0.1, -0.05) is 35.0 Å². The molecule has 3 aromatic rings. The van der Waals surface area contributed by atoms with Crippen molar-refractivity contribution in [2.75, 3.05) is 18.5 Å². The van der Waals surface area contributed by atoms with Gasteiger partial charge in [0.25, 0.3) is 5.91 Å². The van der Waals surface area contributed by atoms with Crippen molar-refractivity contribution in [3.63, 3.8) is 0 Å². The van der Waals surface area contributed by atoms with Crippen molar-refractivity contribution in [3.8, 4) is 11.1 Å². The van der Waals surface area contributed by atoms with Crippen LogP contribution in [0.5, 0.6) is 0 Å². The summed E-state index contributed by atoms with van der Waals surface area (Å²) < 4.78 is 15.2. The average Bonchev–Trinajstić information content (AvgIpc) is 3.31. The number of ether oxygens (including phenoxy) is 2. The van der Waals surface area contributed by atoms with Crippen molar-refractivity contribution in [1.29, 1.82) is 0 Å². The van der Waals surface area contributed by atoms with Gasteiger partial charge in [0.1, 0.15) is 16.3 Å². The highest BCUT2D eigenvalue weighted by Gasteiger charge is 2.24. The highest BCUT2D eigenvalue weighted by molar-refractivity contribution is 7.15. The van der Waals surface area contributed by atoms with Crippen LogP contribution in [0.1, 0.15) is 34.3 Å². The van der Waals surface area contributed by atoms with E-state index in [0.29, 0.717) is 33.2 Å². The van der Waals surface area contributed by atoms with E-state index in [2.05, 4.69) is 10.5 Å². The zero-order valence-electron chi connectivity index (χ0n) is 17.7. The number of aryl methyl sites for hydroxylation is 2. The molecule has 2 heterocycles. The summed E-state index contributed by atoms with van der Waals surface area (Å²) >= 11 is 7.44. The molecule has 168 valence electrons. The minimum atomic E-state index is -0.594. The Kier molecular flexibility index (Phi) is 7.66. The molecule has 0 fully saturated rings. The lowest BCUT2D eigenvalue weighted by Crippen LogP contribution is -2.22. The molecule has 0 bridgehead atoms. The van der Waals surface area contributed by atoms with E-state index >= 15 is 0 Å². The first-order valence-electron chi connectivity index (χ1n) is 9.72. The van der Waals surface area contributed by atoms with E-state index in [1.807, 2.05) is 0 Å². The molecule has 0 aliphatic heterocycles. The number of amides is 1. The zero-order valence-corrected chi connectivity index (χ0v) is 19.3. The number of thiophene rings is 1. The Labute approximate surface area is 193 Å². The lowest BCUT2D eigenvalue weighted by atomic mass is 10.0. The Hall–Kier alpha value is -3.17. The van der Waals surface area contributed by atoms with Gasteiger partial charge in [-0.2, -0.15) is 0 Å². The average molecular weight is 477 g/mol. The van der Waals surface area contributed by atoms with Gasteiger partial charge in [0.2, 0.25) is 0 Å². The van der Waals surface area contributed by atoms with Crippen molar-refractivity contribution in [2.24, 2.45) is 0 Å². The molecule has 1 N–H and O–H groups in total. The van der Waals surface area contributed by atoms with Crippen LogP contribution in [0, 0.1) is 13.8 Å². The lowest BCUT2D eigenvalue weighted by Gasteiger charge is -2.10. The summed E-state index contributed by atoms with van der Waals surface area (Å²) in [5.74, 6) is -1.25. The van der Waals surface area contributed by atoms with Crippen LogP contribution in [-0.4, -0.2) is 36.2 Å². The van der Waals surface area contributed by atoms with Crippen LogP contribution in [0.15, 0.2) is 34.2 Å². The van der Waals surface area contributed by atoms with Gasteiger partial charge in [0.15, 0.2) is 6.61 Å². The van der Waals surface area contributed by atoms with Crippen LogP contribution in [0.4, 0.5) is 5.00 Å². The smallest absolute Gasteiger partial charge is 0.341 e. The van der Waals surface area contributed by atoms with Gasteiger partial charge in [-0.05, 0) is 26.8 Å². The number of hydrogen-bond donors (Lipinski definition) is 1. The molecule has 2 aromatic heterocycles. The van der Waals surface area contributed by atoms with Gasteiger partial charge in [-0.25, -0.2) is 4.79 Å². The largest absolute Gasteiger partial charge is 0.462 e. The molecule has 10 heteroatoms. The van der Waals surface area contributed by atoms with E-state index in [1.165, 1.54) is 0 Å². The Morgan fingerprint density at radius 2 is 1.91 bits per heavy atom. The number of esters is 2. The van der Waals surface area contributed by atoms with Crippen molar-refractivity contribution in [2.45, 2.75) is 27.2 Å². The van der Waals surface area contributed by atoms with Gasteiger partial charge >= 0.3 is 11.9 Å². The number of carbonyl (C=O) groups is 3. The Morgan fingerprint density at radius 3 is 2.56 bits per heavy atom. The number of benzene rings is 1. The molecular weight excluding hydrogens is 456 g/mol. The van der Waals surface area contributed by atoms with E-state index in [9.17, 15) is 14.4 Å². The molecule has 0 aliphatic rings. The van der Waals surface area contributed by atoms with Gasteiger partial charge in [-0.15, -0.1) is 11.3 Å².